The van der Waals surface area contributed by atoms with Gasteiger partial charge in [-0.2, -0.15) is 0 Å². The van der Waals surface area contributed by atoms with Crippen molar-refractivity contribution in [2.24, 2.45) is 0 Å². The lowest BCUT2D eigenvalue weighted by Gasteiger charge is -2.32. The molecule has 2 atom stereocenters. The van der Waals surface area contributed by atoms with Crippen LogP contribution >= 0.6 is 0 Å². The van der Waals surface area contributed by atoms with E-state index in [9.17, 15) is 9.59 Å². The van der Waals surface area contributed by atoms with Crippen molar-refractivity contribution in [2.75, 3.05) is 13.1 Å². The molecule has 3 rings (SSSR count). The summed E-state index contributed by atoms with van der Waals surface area (Å²) in [5.41, 5.74) is -0.0392. The third kappa shape index (κ3) is 2.19. The predicted octanol–water partition coefficient (Wildman–Crippen LogP) is 0.783. The van der Waals surface area contributed by atoms with E-state index < -0.39 is 5.97 Å². The summed E-state index contributed by atoms with van der Waals surface area (Å²) in [4.78, 5) is 29.1. The molecule has 2 saturated heterocycles. The van der Waals surface area contributed by atoms with Crippen molar-refractivity contribution >= 4 is 11.9 Å². The standard InChI is InChI=1S/C13H14N2O4/c16-12(11-10(13(17)18)2-1-5-14-11)15-6-8-3-4-9(7-15)19-8/h1-2,5,8-9H,3-4,6-7H2,(H,17,18). The van der Waals surface area contributed by atoms with Gasteiger partial charge >= 0.3 is 5.97 Å². The van der Waals surface area contributed by atoms with E-state index in [0.29, 0.717) is 13.1 Å². The molecule has 0 radical (unpaired) electrons. The lowest BCUT2D eigenvalue weighted by atomic mass is 10.1. The Morgan fingerprint density at radius 2 is 2.00 bits per heavy atom. The zero-order valence-electron chi connectivity index (χ0n) is 10.3. The number of morpholine rings is 1. The molecule has 1 aromatic heterocycles. The first kappa shape index (κ1) is 12.1. The Bertz CT molecular complexity index is 519. The van der Waals surface area contributed by atoms with E-state index >= 15 is 0 Å². The fraction of sp³-hybridized carbons (Fsp3) is 0.462. The highest BCUT2D eigenvalue weighted by Gasteiger charge is 2.37. The third-order valence-corrected chi connectivity index (χ3v) is 3.57. The van der Waals surface area contributed by atoms with Gasteiger partial charge in [-0.25, -0.2) is 4.79 Å². The van der Waals surface area contributed by atoms with Crippen molar-refractivity contribution in [3.63, 3.8) is 0 Å². The highest BCUT2D eigenvalue weighted by atomic mass is 16.5. The number of amides is 1. The number of likely N-dealkylation sites (tertiary alicyclic amines) is 1. The molecule has 100 valence electrons. The van der Waals surface area contributed by atoms with Crippen molar-refractivity contribution in [3.8, 4) is 0 Å². The number of hydrogen-bond acceptors (Lipinski definition) is 4. The molecule has 2 aliphatic heterocycles. The van der Waals surface area contributed by atoms with Crippen LogP contribution in [0.5, 0.6) is 0 Å². The van der Waals surface area contributed by atoms with E-state index in [1.807, 2.05) is 0 Å². The number of ether oxygens (including phenoxy) is 1. The van der Waals surface area contributed by atoms with E-state index in [0.717, 1.165) is 12.8 Å². The Labute approximate surface area is 110 Å². The number of carboxylic acids is 1. The third-order valence-electron chi connectivity index (χ3n) is 3.57. The quantitative estimate of drug-likeness (QED) is 0.852. The van der Waals surface area contributed by atoms with Gasteiger partial charge in [0.1, 0.15) is 5.69 Å². The second-order valence-corrected chi connectivity index (χ2v) is 4.87. The van der Waals surface area contributed by atoms with Crippen LogP contribution in [0.15, 0.2) is 18.3 Å². The van der Waals surface area contributed by atoms with Crippen LogP contribution in [0.25, 0.3) is 0 Å². The maximum atomic E-state index is 12.4. The molecular weight excluding hydrogens is 248 g/mol. The highest BCUT2D eigenvalue weighted by molar-refractivity contribution is 6.03. The Hall–Kier alpha value is -1.95. The molecule has 2 fully saturated rings. The highest BCUT2D eigenvalue weighted by Crippen LogP contribution is 2.27. The largest absolute Gasteiger partial charge is 0.478 e. The van der Waals surface area contributed by atoms with Gasteiger partial charge in [-0.1, -0.05) is 0 Å². The van der Waals surface area contributed by atoms with Crippen LogP contribution in [-0.4, -0.2) is 52.2 Å². The number of nitrogens with zero attached hydrogens (tertiary/aromatic N) is 2. The number of hydrogen-bond donors (Lipinski definition) is 1. The van der Waals surface area contributed by atoms with E-state index in [1.165, 1.54) is 18.3 Å². The summed E-state index contributed by atoms with van der Waals surface area (Å²) < 4.78 is 5.66. The summed E-state index contributed by atoms with van der Waals surface area (Å²) in [6.45, 7) is 1.04. The molecule has 2 bridgehead atoms. The number of rotatable bonds is 2. The van der Waals surface area contributed by atoms with E-state index in [4.69, 9.17) is 9.84 Å². The predicted molar refractivity (Wildman–Crippen MR) is 65.0 cm³/mol. The fourth-order valence-corrected chi connectivity index (χ4v) is 2.68. The van der Waals surface area contributed by atoms with E-state index in [2.05, 4.69) is 4.98 Å². The van der Waals surface area contributed by atoms with E-state index in [-0.39, 0.29) is 29.4 Å². The lowest BCUT2D eigenvalue weighted by Crippen LogP contribution is -2.46. The molecule has 0 aliphatic carbocycles. The van der Waals surface area contributed by atoms with Crippen molar-refractivity contribution in [3.05, 3.63) is 29.6 Å². The summed E-state index contributed by atoms with van der Waals surface area (Å²) in [6, 6.07) is 2.92. The molecule has 3 heterocycles. The number of pyridine rings is 1. The molecule has 0 aromatic carbocycles. The smallest absolute Gasteiger partial charge is 0.338 e. The van der Waals surface area contributed by atoms with Gasteiger partial charge in [0.05, 0.1) is 17.8 Å². The minimum absolute atomic E-state index is 0.0105. The molecule has 0 saturated carbocycles. The first-order valence-corrected chi connectivity index (χ1v) is 6.28. The monoisotopic (exact) mass is 262 g/mol. The summed E-state index contributed by atoms with van der Waals surface area (Å²) in [6.07, 6.45) is 3.53. The molecule has 2 unspecified atom stereocenters. The van der Waals surface area contributed by atoms with Crippen LogP contribution in [0.2, 0.25) is 0 Å². The molecule has 1 amide bonds. The summed E-state index contributed by atoms with van der Waals surface area (Å²) in [5.74, 6) is -1.45. The number of aromatic nitrogens is 1. The van der Waals surface area contributed by atoms with Crippen LogP contribution in [0.4, 0.5) is 0 Å². The first-order chi connectivity index (χ1) is 9.15. The van der Waals surface area contributed by atoms with E-state index in [1.54, 1.807) is 4.90 Å². The SMILES string of the molecule is O=C(O)c1cccnc1C(=O)N1CC2CCC(C1)O2. The van der Waals surface area contributed by atoms with Gasteiger partial charge in [0, 0.05) is 19.3 Å². The van der Waals surface area contributed by atoms with Gasteiger partial charge in [0.25, 0.3) is 5.91 Å². The normalized spacial score (nSPS) is 25.4. The topological polar surface area (TPSA) is 79.7 Å². The number of fused-ring (bicyclic) bond motifs is 2. The van der Waals surface area contributed by atoms with Gasteiger partial charge in [-0.05, 0) is 25.0 Å². The number of aromatic carboxylic acids is 1. The van der Waals surface area contributed by atoms with Gasteiger partial charge in [-0.3, -0.25) is 9.78 Å². The van der Waals surface area contributed by atoms with Crippen LogP contribution in [0, 0.1) is 0 Å². The molecule has 2 aliphatic rings. The Morgan fingerprint density at radius 3 is 2.63 bits per heavy atom. The van der Waals surface area contributed by atoms with Crippen molar-refractivity contribution in [1.82, 2.24) is 9.88 Å². The molecule has 1 N–H and O–H groups in total. The zero-order chi connectivity index (χ0) is 13.4. The van der Waals surface area contributed by atoms with Crippen molar-refractivity contribution in [2.45, 2.75) is 25.0 Å². The summed E-state index contributed by atoms with van der Waals surface area (Å²) in [7, 11) is 0. The average molecular weight is 262 g/mol. The minimum Gasteiger partial charge on any atom is -0.478 e. The molecular formula is C13H14N2O4. The Balaban J connectivity index is 1.86. The molecule has 6 nitrogen and oxygen atoms in total. The Morgan fingerprint density at radius 1 is 1.32 bits per heavy atom. The van der Waals surface area contributed by atoms with Crippen LogP contribution in [-0.2, 0) is 4.74 Å². The maximum Gasteiger partial charge on any atom is 0.338 e. The average Bonchev–Trinajstić information content (AvgIpc) is 2.76. The van der Waals surface area contributed by atoms with Gasteiger partial charge in [0.15, 0.2) is 0 Å². The number of carbonyl (C=O) groups is 2. The Kier molecular flexibility index (Phi) is 2.94. The maximum absolute atomic E-state index is 12.4. The summed E-state index contributed by atoms with van der Waals surface area (Å²) in [5, 5.41) is 9.09. The molecule has 19 heavy (non-hydrogen) atoms. The minimum atomic E-state index is -1.13. The number of carboxylic acid groups (broad SMARTS) is 1. The van der Waals surface area contributed by atoms with Gasteiger partial charge in [-0.15, -0.1) is 0 Å². The summed E-state index contributed by atoms with van der Waals surface area (Å²) >= 11 is 0. The van der Waals surface area contributed by atoms with Gasteiger partial charge < -0.3 is 14.7 Å². The zero-order valence-corrected chi connectivity index (χ0v) is 10.3. The second-order valence-electron chi connectivity index (χ2n) is 4.87. The van der Waals surface area contributed by atoms with Crippen molar-refractivity contribution < 1.29 is 19.4 Å². The molecule has 6 heteroatoms. The molecule has 1 aromatic rings. The number of carbonyl (C=O) groups excluding carboxylic acids is 1. The van der Waals surface area contributed by atoms with Gasteiger partial charge in [0.2, 0.25) is 0 Å². The first-order valence-electron chi connectivity index (χ1n) is 6.28. The van der Waals surface area contributed by atoms with Crippen LogP contribution < -0.4 is 0 Å². The van der Waals surface area contributed by atoms with Crippen LogP contribution in [0.1, 0.15) is 33.7 Å². The van der Waals surface area contributed by atoms with Crippen LogP contribution in [0.3, 0.4) is 0 Å². The molecule has 0 spiro atoms. The second kappa shape index (κ2) is 4.62. The fourth-order valence-electron chi connectivity index (χ4n) is 2.68. The lowest BCUT2D eigenvalue weighted by molar-refractivity contribution is -0.0305. The van der Waals surface area contributed by atoms with Crippen molar-refractivity contribution in [1.29, 1.82) is 0 Å².